The highest BCUT2D eigenvalue weighted by molar-refractivity contribution is 5.26. The lowest BCUT2D eigenvalue weighted by Crippen LogP contribution is -2.35. The van der Waals surface area contributed by atoms with Gasteiger partial charge in [-0.05, 0) is 31.9 Å². The number of nitrogens with zero attached hydrogens (tertiary/aromatic N) is 2. The molecule has 0 spiro atoms. The molecule has 3 heterocycles. The van der Waals surface area contributed by atoms with Crippen LogP contribution in [0.4, 0.5) is 0 Å². The summed E-state index contributed by atoms with van der Waals surface area (Å²) in [5.41, 5.74) is 5.59. The Hall–Kier alpha value is -1.88. The van der Waals surface area contributed by atoms with Crippen molar-refractivity contribution >= 4 is 0 Å². The maximum Gasteiger partial charge on any atom is 0.255 e. The van der Waals surface area contributed by atoms with Crippen LogP contribution in [0.3, 0.4) is 0 Å². The van der Waals surface area contributed by atoms with Crippen LogP contribution in [-0.4, -0.2) is 26.4 Å². The molecule has 0 unspecified atom stereocenters. The number of aryl methyl sites for hydroxylation is 3. The van der Waals surface area contributed by atoms with Gasteiger partial charge >= 0.3 is 0 Å². The van der Waals surface area contributed by atoms with E-state index >= 15 is 0 Å². The van der Waals surface area contributed by atoms with Gasteiger partial charge in [0.1, 0.15) is 5.82 Å². The molecule has 22 heavy (non-hydrogen) atoms. The highest BCUT2D eigenvalue weighted by Crippen LogP contribution is 2.18. The summed E-state index contributed by atoms with van der Waals surface area (Å²) >= 11 is 0. The summed E-state index contributed by atoms with van der Waals surface area (Å²) in [6.07, 6.45) is 2.70. The molecular formula is C17H24N4O. The highest BCUT2D eigenvalue weighted by Gasteiger charge is 2.21. The van der Waals surface area contributed by atoms with E-state index in [0.29, 0.717) is 6.54 Å². The molecule has 0 aliphatic carbocycles. The zero-order valence-corrected chi connectivity index (χ0v) is 13.6. The highest BCUT2D eigenvalue weighted by atomic mass is 16.1. The third kappa shape index (κ3) is 2.99. The maximum absolute atomic E-state index is 12.3. The van der Waals surface area contributed by atoms with Gasteiger partial charge in [-0.3, -0.25) is 9.69 Å². The van der Waals surface area contributed by atoms with Gasteiger partial charge in [0.05, 0.1) is 11.3 Å². The molecule has 0 bridgehead atoms. The van der Waals surface area contributed by atoms with Gasteiger partial charge in [0, 0.05) is 43.9 Å². The molecule has 118 valence electrons. The zero-order valence-electron chi connectivity index (χ0n) is 13.6. The van der Waals surface area contributed by atoms with E-state index in [0.717, 1.165) is 49.4 Å². The molecule has 0 radical (unpaired) electrons. The zero-order chi connectivity index (χ0) is 15.7. The van der Waals surface area contributed by atoms with Crippen molar-refractivity contribution < 1.29 is 0 Å². The fourth-order valence-electron chi connectivity index (χ4n) is 3.21. The predicted octanol–water partition coefficient (Wildman–Crippen LogP) is 2.23. The third-order valence-corrected chi connectivity index (χ3v) is 4.33. The van der Waals surface area contributed by atoms with E-state index < -0.39 is 0 Å². The average Bonchev–Trinajstić information content (AvgIpc) is 2.78. The molecule has 2 aromatic rings. The first-order valence-electron chi connectivity index (χ1n) is 8.05. The lowest BCUT2D eigenvalue weighted by Gasteiger charge is -2.27. The number of H-pyrrole nitrogens is 2. The van der Waals surface area contributed by atoms with Crippen molar-refractivity contribution in [2.75, 3.05) is 6.54 Å². The van der Waals surface area contributed by atoms with Crippen LogP contribution in [0.1, 0.15) is 47.4 Å². The lowest BCUT2D eigenvalue weighted by atomic mass is 10.1. The normalized spacial score (nSPS) is 15.0. The summed E-state index contributed by atoms with van der Waals surface area (Å²) in [7, 11) is 0. The van der Waals surface area contributed by atoms with Crippen LogP contribution in [-0.2, 0) is 25.9 Å². The number of aromatic nitrogens is 3. The van der Waals surface area contributed by atoms with Crippen LogP contribution >= 0.6 is 0 Å². The third-order valence-electron chi connectivity index (χ3n) is 4.33. The van der Waals surface area contributed by atoms with E-state index in [1.807, 2.05) is 0 Å². The van der Waals surface area contributed by atoms with Gasteiger partial charge in [-0.1, -0.05) is 6.92 Å². The second-order valence-corrected chi connectivity index (χ2v) is 6.25. The summed E-state index contributed by atoms with van der Waals surface area (Å²) in [6.45, 7) is 8.80. The molecule has 5 nitrogen and oxygen atoms in total. The lowest BCUT2D eigenvalue weighted by molar-refractivity contribution is 0.241. The van der Waals surface area contributed by atoms with Gasteiger partial charge in [-0.25, -0.2) is 4.98 Å². The summed E-state index contributed by atoms with van der Waals surface area (Å²) in [5, 5.41) is 0. The average molecular weight is 300 g/mol. The van der Waals surface area contributed by atoms with Gasteiger partial charge in [-0.15, -0.1) is 0 Å². The molecule has 0 fully saturated rings. The van der Waals surface area contributed by atoms with Crippen LogP contribution in [0.25, 0.3) is 0 Å². The Kier molecular flexibility index (Phi) is 4.16. The van der Waals surface area contributed by atoms with Crippen molar-refractivity contribution in [2.24, 2.45) is 0 Å². The van der Waals surface area contributed by atoms with Crippen molar-refractivity contribution in [3.8, 4) is 0 Å². The van der Waals surface area contributed by atoms with E-state index in [1.54, 1.807) is 0 Å². The molecule has 0 amide bonds. The van der Waals surface area contributed by atoms with E-state index in [-0.39, 0.29) is 5.56 Å². The van der Waals surface area contributed by atoms with E-state index in [2.05, 4.69) is 46.7 Å². The Morgan fingerprint density at radius 3 is 2.82 bits per heavy atom. The quantitative estimate of drug-likeness (QED) is 0.910. The van der Waals surface area contributed by atoms with Crippen molar-refractivity contribution in [3.05, 3.63) is 50.5 Å². The molecule has 0 aromatic carbocycles. The molecule has 3 rings (SSSR count). The largest absolute Gasteiger partial charge is 0.362 e. The first-order chi connectivity index (χ1) is 10.6. The van der Waals surface area contributed by atoms with E-state index in [4.69, 9.17) is 0 Å². The molecule has 1 aliphatic heterocycles. The topological polar surface area (TPSA) is 64.8 Å². The van der Waals surface area contributed by atoms with Crippen molar-refractivity contribution in [1.82, 2.24) is 19.9 Å². The fourth-order valence-corrected chi connectivity index (χ4v) is 3.21. The number of aromatic amines is 2. The Balaban J connectivity index is 1.79. The minimum atomic E-state index is 0.0418. The Bertz CT molecular complexity index is 729. The molecule has 0 saturated carbocycles. The minimum absolute atomic E-state index is 0.0418. The molecule has 0 saturated heterocycles. The van der Waals surface area contributed by atoms with Gasteiger partial charge in [-0.2, -0.15) is 0 Å². The molecular weight excluding hydrogens is 276 g/mol. The van der Waals surface area contributed by atoms with Crippen LogP contribution in [0, 0.1) is 13.8 Å². The molecule has 2 aromatic heterocycles. The van der Waals surface area contributed by atoms with Crippen LogP contribution < -0.4 is 5.56 Å². The summed E-state index contributed by atoms with van der Waals surface area (Å²) in [5.74, 6) is 0.830. The SMILES string of the molecule is CCCc1nc2c(c(=O)[nH]1)CN(Cc1cc(C)[nH]c1C)CC2. The number of hydrogen-bond donors (Lipinski definition) is 2. The second-order valence-electron chi connectivity index (χ2n) is 6.25. The number of fused-ring (bicyclic) bond motifs is 1. The standard InChI is InChI=1S/C17H24N4O/c1-4-5-16-19-15-6-7-21(10-14(15)17(22)20-16)9-13-8-11(2)18-12(13)3/h8,18H,4-7,9-10H2,1-3H3,(H,19,20,22). The minimum Gasteiger partial charge on any atom is -0.362 e. The fraction of sp³-hybridized carbons (Fsp3) is 0.529. The number of rotatable bonds is 4. The van der Waals surface area contributed by atoms with E-state index in [9.17, 15) is 4.79 Å². The van der Waals surface area contributed by atoms with Gasteiger partial charge in [0.2, 0.25) is 0 Å². The van der Waals surface area contributed by atoms with E-state index in [1.165, 1.54) is 17.0 Å². The van der Waals surface area contributed by atoms with Crippen LogP contribution in [0.2, 0.25) is 0 Å². The van der Waals surface area contributed by atoms with Crippen molar-refractivity contribution in [3.63, 3.8) is 0 Å². The Labute approximate surface area is 130 Å². The Morgan fingerprint density at radius 2 is 2.14 bits per heavy atom. The van der Waals surface area contributed by atoms with Gasteiger partial charge in [0.25, 0.3) is 5.56 Å². The number of nitrogens with one attached hydrogen (secondary N) is 2. The van der Waals surface area contributed by atoms with Crippen LogP contribution in [0.15, 0.2) is 10.9 Å². The smallest absolute Gasteiger partial charge is 0.255 e. The second kappa shape index (κ2) is 6.08. The summed E-state index contributed by atoms with van der Waals surface area (Å²) in [4.78, 5) is 25.5. The molecule has 0 atom stereocenters. The molecule has 5 heteroatoms. The first-order valence-corrected chi connectivity index (χ1v) is 8.05. The molecule has 1 aliphatic rings. The monoisotopic (exact) mass is 300 g/mol. The first kappa shape index (κ1) is 15.0. The predicted molar refractivity (Wildman–Crippen MR) is 86.9 cm³/mol. The van der Waals surface area contributed by atoms with Gasteiger partial charge < -0.3 is 9.97 Å². The van der Waals surface area contributed by atoms with Crippen molar-refractivity contribution in [1.29, 1.82) is 0 Å². The van der Waals surface area contributed by atoms with Crippen molar-refractivity contribution in [2.45, 2.75) is 53.1 Å². The summed E-state index contributed by atoms with van der Waals surface area (Å²) < 4.78 is 0. The Morgan fingerprint density at radius 1 is 1.32 bits per heavy atom. The molecule has 2 N–H and O–H groups in total. The summed E-state index contributed by atoms with van der Waals surface area (Å²) in [6, 6.07) is 2.19. The number of hydrogen-bond acceptors (Lipinski definition) is 3. The van der Waals surface area contributed by atoms with Crippen LogP contribution in [0.5, 0.6) is 0 Å². The van der Waals surface area contributed by atoms with Gasteiger partial charge in [0.15, 0.2) is 0 Å². The maximum atomic E-state index is 12.3.